The lowest BCUT2D eigenvalue weighted by Crippen LogP contribution is -2.37. The average molecular weight is 212 g/mol. The van der Waals surface area contributed by atoms with Crippen molar-refractivity contribution in [2.24, 2.45) is 0 Å². The number of hydrogen-bond acceptors (Lipinski definition) is 2. The van der Waals surface area contributed by atoms with Gasteiger partial charge < -0.3 is 10.1 Å². The molecule has 1 aromatic carbocycles. The molecule has 3 nitrogen and oxygen atoms in total. The number of alkyl halides is 1. The minimum absolute atomic E-state index is 0.121. The number of anilines is 1. The number of para-hydroxylation sites is 2. The van der Waals surface area contributed by atoms with Crippen molar-refractivity contribution >= 4 is 23.2 Å². The van der Waals surface area contributed by atoms with Gasteiger partial charge in [-0.1, -0.05) is 12.1 Å². The SMILES string of the molecule is O=C1Nc2ccccc2OC1CCCl. The highest BCUT2D eigenvalue weighted by atomic mass is 35.5. The molecule has 0 saturated heterocycles. The number of ether oxygens (including phenoxy) is 1. The molecule has 4 heteroatoms. The lowest BCUT2D eigenvalue weighted by Gasteiger charge is -2.25. The summed E-state index contributed by atoms with van der Waals surface area (Å²) in [5.74, 6) is 1.01. The van der Waals surface area contributed by atoms with Gasteiger partial charge in [0.2, 0.25) is 0 Å². The quantitative estimate of drug-likeness (QED) is 0.760. The Balaban J connectivity index is 2.22. The summed E-state index contributed by atoms with van der Waals surface area (Å²) in [6.07, 6.45) is 0.0734. The zero-order valence-corrected chi connectivity index (χ0v) is 8.25. The molecule has 0 radical (unpaired) electrons. The first kappa shape index (κ1) is 9.34. The average Bonchev–Trinajstić information content (AvgIpc) is 2.19. The van der Waals surface area contributed by atoms with Gasteiger partial charge in [-0.25, -0.2) is 0 Å². The van der Waals surface area contributed by atoms with Gasteiger partial charge in [-0.2, -0.15) is 0 Å². The standard InChI is InChI=1S/C10H10ClNO2/c11-6-5-9-10(13)12-7-3-1-2-4-8(7)14-9/h1-4,9H,5-6H2,(H,12,13). The molecule has 1 aliphatic rings. The zero-order valence-electron chi connectivity index (χ0n) is 7.50. The van der Waals surface area contributed by atoms with Crippen molar-refractivity contribution in [3.63, 3.8) is 0 Å². The number of nitrogens with one attached hydrogen (secondary N) is 1. The monoisotopic (exact) mass is 211 g/mol. The molecule has 0 saturated carbocycles. The summed E-state index contributed by atoms with van der Waals surface area (Å²) in [6, 6.07) is 7.36. The van der Waals surface area contributed by atoms with E-state index >= 15 is 0 Å². The molecule has 0 spiro atoms. The molecule has 0 bridgehead atoms. The molecule has 0 aliphatic carbocycles. The van der Waals surface area contributed by atoms with E-state index in [0.29, 0.717) is 18.1 Å². The number of benzene rings is 1. The van der Waals surface area contributed by atoms with E-state index in [1.54, 1.807) is 0 Å². The first-order chi connectivity index (χ1) is 6.81. The molecule has 1 atom stereocenters. The Morgan fingerprint density at radius 1 is 1.43 bits per heavy atom. The van der Waals surface area contributed by atoms with Crippen molar-refractivity contribution in [2.75, 3.05) is 11.2 Å². The molecule has 1 aromatic rings. The first-order valence-corrected chi connectivity index (χ1v) is 4.97. The summed E-state index contributed by atoms with van der Waals surface area (Å²) < 4.78 is 5.49. The van der Waals surface area contributed by atoms with Crippen molar-refractivity contribution in [1.29, 1.82) is 0 Å². The maximum absolute atomic E-state index is 11.5. The Hall–Kier alpha value is -1.22. The third-order valence-corrected chi connectivity index (χ3v) is 2.30. The summed E-state index contributed by atoms with van der Waals surface area (Å²) in [6.45, 7) is 0. The number of fused-ring (bicyclic) bond motifs is 1. The summed E-state index contributed by atoms with van der Waals surface area (Å²) in [5, 5.41) is 2.77. The fraction of sp³-hybridized carbons (Fsp3) is 0.300. The van der Waals surface area contributed by atoms with Crippen LogP contribution in [0.25, 0.3) is 0 Å². The topological polar surface area (TPSA) is 38.3 Å². The number of halogens is 1. The highest BCUT2D eigenvalue weighted by Crippen LogP contribution is 2.29. The van der Waals surface area contributed by atoms with Crippen LogP contribution in [0.3, 0.4) is 0 Å². The lowest BCUT2D eigenvalue weighted by molar-refractivity contribution is -0.123. The Kier molecular flexibility index (Phi) is 2.59. The fourth-order valence-electron chi connectivity index (χ4n) is 1.38. The molecule has 1 N–H and O–H groups in total. The maximum atomic E-state index is 11.5. The van der Waals surface area contributed by atoms with E-state index in [1.807, 2.05) is 24.3 Å². The molecule has 0 aromatic heterocycles. The number of carbonyl (C=O) groups is 1. The molecule has 1 unspecified atom stereocenters. The fourth-order valence-corrected chi connectivity index (χ4v) is 1.58. The molecular weight excluding hydrogens is 202 g/mol. The number of amides is 1. The van der Waals surface area contributed by atoms with E-state index in [4.69, 9.17) is 16.3 Å². The zero-order chi connectivity index (χ0) is 9.97. The summed E-state index contributed by atoms with van der Waals surface area (Å²) in [5.41, 5.74) is 0.725. The second-order valence-corrected chi connectivity index (χ2v) is 3.45. The van der Waals surface area contributed by atoms with Crippen LogP contribution in [0.4, 0.5) is 5.69 Å². The van der Waals surface area contributed by atoms with Gasteiger partial charge in [-0.05, 0) is 12.1 Å². The molecule has 74 valence electrons. The Morgan fingerprint density at radius 2 is 2.21 bits per heavy atom. The summed E-state index contributed by atoms with van der Waals surface area (Å²) in [7, 11) is 0. The normalized spacial score (nSPS) is 19.5. The van der Waals surface area contributed by atoms with Crippen molar-refractivity contribution in [3.8, 4) is 5.75 Å². The van der Waals surface area contributed by atoms with Gasteiger partial charge >= 0.3 is 0 Å². The largest absolute Gasteiger partial charge is 0.478 e. The molecule has 1 aliphatic heterocycles. The van der Waals surface area contributed by atoms with Gasteiger partial charge in [0.1, 0.15) is 5.75 Å². The van der Waals surface area contributed by atoms with Crippen LogP contribution in [-0.2, 0) is 4.79 Å². The third-order valence-electron chi connectivity index (χ3n) is 2.08. The molecule has 14 heavy (non-hydrogen) atoms. The minimum Gasteiger partial charge on any atom is -0.478 e. The van der Waals surface area contributed by atoms with Crippen molar-refractivity contribution in [3.05, 3.63) is 24.3 Å². The van der Waals surface area contributed by atoms with E-state index in [0.717, 1.165) is 5.69 Å². The second-order valence-electron chi connectivity index (χ2n) is 3.07. The van der Waals surface area contributed by atoms with Crippen LogP contribution in [0.2, 0.25) is 0 Å². The van der Waals surface area contributed by atoms with E-state index in [2.05, 4.69) is 5.32 Å². The van der Waals surface area contributed by atoms with Crippen molar-refractivity contribution < 1.29 is 9.53 Å². The lowest BCUT2D eigenvalue weighted by atomic mass is 10.2. The van der Waals surface area contributed by atoms with Crippen molar-refractivity contribution in [1.82, 2.24) is 0 Å². The van der Waals surface area contributed by atoms with Crippen LogP contribution in [0.15, 0.2) is 24.3 Å². The first-order valence-electron chi connectivity index (χ1n) is 4.44. The second kappa shape index (κ2) is 3.88. The van der Waals surface area contributed by atoms with Gasteiger partial charge in [0.05, 0.1) is 5.69 Å². The number of rotatable bonds is 2. The molecule has 1 heterocycles. The van der Waals surface area contributed by atoms with Crippen LogP contribution in [0, 0.1) is 0 Å². The van der Waals surface area contributed by atoms with Gasteiger partial charge in [-0.15, -0.1) is 11.6 Å². The number of carbonyl (C=O) groups excluding carboxylic acids is 1. The Morgan fingerprint density at radius 3 is 3.00 bits per heavy atom. The maximum Gasteiger partial charge on any atom is 0.265 e. The molecular formula is C10H10ClNO2. The number of hydrogen-bond donors (Lipinski definition) is 1. The molecule has 1 amide bonds. The summed E-state index contributed by atoms with van der Waals surface area (Å²) >= 11 is 5.57. The Bertz CT molecular complexity index is 354. The van der Waals surface area contributed by atoms with Crippen LogP contribution in [-0.4, -0.2) is 17.9 Å². The highest BCUT2D eigenvalue weighted by Gasteiger charge is 2.26. The van der Waals surface area contributed by atoms with Gasteiger partial charge in [0, 0.05) is 12.3 Å². The predicted octanol–water partition coefficient (Wildman–Crippen LogP) is 2.01. The van der Waals surface area contributed by atoms with Crippen molar-refractivity contribution in [2.45, 2.75) is 12.5 Å². The third kappa shape index (κ3) is 1.68. The van der Waals surface area contributed by atoms with E-state index in [9.17, 15) is 4.79 Å². The van der Waals surface area contributed by atoms with Crippen LogP contribution in [0.1, 0.15) is 6.42 Å². The minimum atomic E-state index is -0.456. The van der Waals surface area contributed by atoms with Gasteiger partial charge in [0.15, 0.2) is 6.10 Å². The van der Waals surface area contributed by atoms with Gasteiger partial charge in [0.25, 0.3) is 5.91 Å². The molecule has 0 fully saturated rings. The summed E-state index contributed by atoms with van der Waals surface area (Å²) in [4.78, 5) is 11.5. The smallest absolute Gasteiger partial charge is 0.265 e. The van der Waals surface area contributed by atoms with Gasteiger partial charge in [-0.3, -0.25) is 4.79 Å². The van der Waals surface area contributed by atoms with E-state index < -0.39 is 6.10 Å². The Labute approximate surface area is 87.0 Å². The van der Waals surface area contributed by atoms with E-state index in [-0.39, 0.29) is 5.91 Å². The van der Waals surface area contributed by atoms with Crippen LogP contribution < -0.4 is 10.1 Å². The van der Waals surface area contributed by atoms with E-state index in [1.165, 1.54) is 0 Å². The predicted molar refractivity (Wildman–Crippen MR) is 54.8 cm³/mol. The molecule has 2 rings (SSSR count). The van der Waals surface area contributed by atoms with Crippen LogP contribution >= 0.6 is 11.6 Å². The highest BCUT2D eigenvalue weighted by molar-refractivity contribution is 6.18. The van der Waals surface area contributed by atoms with Crippen LogP contribution in [0.5, 0.6) is 5.75 Å².